The molecule has 0 amide bonds. The van der Waals surface area contributed by atoms with Crippen molar-refractivity contribution < 1.29 is 19.0 Å². The lowest BCUT2D eigenvalue weighted by atomic mass is 9.95. The monoisotopic (exact) mass is 696 g/mol. The molecule has 1 aliphatic carbocycles. The van der Waals surface area contributed by atoms with Gasteiger partial charge < -0.3 is 20.1 Å². The molecule has 11 nitrogen and oxygen atoms in total. The normalized spacial score (nSPS) is 19.2. The predicted octanol–water partition coefficient (Wildman–Crippen LogP) is 7.23. The second-order valence-electron chi connectivity index (χ2n) is 12.9. The maximum atomic E-state index is 16.5. The quantitative estimate of drug-likeness (QED) is 0.182. The molecule has 49 heavy (non-hydrogen) atoms. The maximum Gasteiger partial charge on any atom is 0.319 e. The van der Waals surface area contributed by atoms with Crippen LogP contribution >= 0.6 is 11.6 Å². The number of carboxylic acid groups (broad SMARTS) is 1. The number of aliphatic carboxylic acids is 1. The number of piperidine rings is 1. The fraction of sp³-hybridized carbons (Fsp3) is 0.583. The van der Waals surface area contributed by atoms with Crippen molar-refractivity contribution in [2.24, 2.45) is 0 Å². The number of carbonyl (C=O) groups is 1. The number of aromatic amines is 1. The average molecular weight is 697 g/mol. The maximum absolute atomic E-state index is 16.5. The number of nitrogens with one attached hydrogen (secondary N) is 2. The van der Waals surface area contributed by atoms with E-state index in [-0.39, 0.29) is 22.8 Å². The Morgan fingerprint density at radius 3 is 2.47 bits per heavy atom. The number of likely N-dealkylation sites (N-methyl/N-ethyl adjacent to an activating group) is 1. The zero-order chi connectivity index (χ0) is 35.0. The van der Waals surface area contributed by atoms with E-state index in [1.807, 2.05) is 13.8 Å². The van der Waals surface area contributed by atoms with Crippen LogP contribution in [-0.4, -0.2) is 92.0 Å². The first kappa shape index (κ1) is 36.7. The van der Waals surface area contributed by atoms with Crippen LogP contribution in [0.3, 0.4) is 0 Å². The molecule has 3 aromatic heterocycles. The number of aromatic nitrogens is 5. The Hall–Kier alpha value is -3.61. The van der Waals surface area contributed by atoms with Crippen molar-refractivity contribution in [3.8, 4) is 17.3 Å². The summed E-state index contributed by atoms with van der Waals surface area (Å²) in [5.74, 6) is -0.676. The number of hydrogen-bond donors (Lipinski definition) is 3. The Labute approximate surface area is 293 Å². The average Bonchev–Trinajstić information content (AvgIpc) is 3.66. The first-order valence-electron chi connectivity index (χ1n) is 17.8. The van der Waals surface area contributed by atoms with Crippen molar-refractivity contribution in [1.82, 2.24) is 35.4 Å². The van der Waals surface area contributed by atoms with Crippen molar-refractivity contribution in [2.75, 3.05) is 44.2 Å². The molecule has 1 atom stereocenters. The number of carboxylic acids is 1. The number of anilines is 1. The van der Waals surface area contributed by atoms with Crippen LogP contribution in [0.2, 0.25) is 5.02 Å². The molecule has 4 fully saturated rings. The Bertz CT molecular complexity index is 1700. The smallest absolute Gasteiger partial charge is 0.319 e. The first-order chi connectivity index (χ1) is 23.8. The number of hydrogen-bond acceptors (Lipinski definition) is 9. The molecule has 13 heteroatoms. The third kappa shape index (κ3) is 8.77. The SMILES string of the molecule is C1CC1.CC.CC(=O)O.CCNC1CCCN(c2nc(OCC34CCCN3CCC4)nc3c(F)c(-c4cc(Cl)cc5[nH]ncc45)ncc23)C1. The van der Waals surface area contributed by atoms with Crippen LogP contribution < -0.4 is 15.0 Å². The Kier molecular flexibility index (Phi) is 12.6. The number of H-pyrrole nitrogens is 1. The van der Waals surface area contributed by atoms with Gasteiger partial charge in [0.25, 0.3) is 5.97 Å². The van der Waals surface area contributed by atoms with Crippen LogP contribution in [-0.2, 0) is 4.79 Å². The van der Waals surface area contributed by atoms with Gasteiger partial charge in [-0.15, -0.1) is 0 Å². The molecule has 266 valence electrons. The Balaban J connectivity index is 0.000000465. The predicted molar refractivity (Wildman–Crippen MR) is 193 cm³/mol. The van der Waals surface area contributed by atoms with E-state index in [9.17, 15) is 0 Å². The fourth-order valence-corrected chi connectivity index (χ4v) is 7.23. The van der Waals surface area contributed by atoms with Gasteiger partial charge in [0.15, 0.2) is 5.82 Å². The van der Waals surface area contributed by atoms with Crippen LogP contribution in [0.4, 0.5) is 10.2 Å². The van der Waals surface area contributed by atoms with E-state index in [1.165, 1.54) is 32.1 Å². The molecule has 3 aliphatic heterocycles. The minimum atomic E-state index is -0.833. The number of rotatable bonds is 7. The molecule has 8 rings (SSSR count). The van der Waals surface area contributed by atoms with Crippen molar-refractivity contribution in [3.05, 3.63) is 35.4 Å². The largest absolute Gasteiger partial charge is 0.481 e. The van der Waals surface area contributed by atoms with Crippen LogP contribution in [0.25, 0.3) is 33.1 Å². The van der Waals surface area contributed by atoms with Crippen molar-refractivity contribution in [1.29, 1.82) is 0 Å². The van der Waals surface area contributed by atoms with E-state index in [0.29, 0.717) is 34.4 Å². The van der Waals surface area contributed by atoms with Crippen molar-refractivity contribution in [2.45, 2.75) is 97.1 Å². The number of halogens is 2. The van der Waals surface area contributed by atoms with Gasteiger partial charge >= 0.3 is 6.01 Å². The van der Waals surface area contributed by atoms with Crippen LogP contribution in [0, 0.1) is 5.82 Å². The minimum absolute atomic E-state index is 0.0371. The Morgan fingerprint density at radius 2 is 1.80 bits per heavy atom. The first-order valence-corrected chi connectivity index (χ1v) is 18.2. The second-order valence-corrected chi connectivity index (χ2v) is 13.4. The molecule has 3 N–H and O–H groups in total. The molecular formula is C36H50ClFN8O3. The molecule has 1 unspecified atom stereocenters. The van der Waals surface area contributed by atoms with Gasteiger partial charge in [-0.25, -0.2) is 4.39 Å². The molecule has 4 aliphatic rings. The second kappa shape index (κ2) is 16.9. The molecule has 0 spiro atoms. The summed E-state index contributed by atoms with van der Waals surface area (Å²) < 4.78 is 22.8. The molecule has 1 aromatic carbocycles. The summed E-state index contributed by atoms with van der Waals surface area (Å²) >= 11 is 6.38. The molecule has 1 saturated carbocycles. The summed E-state index contributed by atoms with van der Waals surface area (Å²) in [6.07, 6.45) is 14.6. The van der Waals surface area contributed by atoms with Gasteiger partial charge in [-0.3, -0.25) is 19.8 Å². The van der Waals surface area contributed by atoms with Crippen LogP contribution in [0.5, 0.6) is 6.01 Å². The van der Waals surface area contributed by atoms with Gasteiger partial charge in [0.2, 0.25) is 0 Å². The molecule has 0 radical (unpaired) electrons. The zero-order valence-corrected chi connectivity index (χ0v) is 30.0. The number of ether oxygens (including phenoxy) is 1. The highest BCUT2D eigenvalue weighted by atomic mass is 35.5. The molecule has 4 aromatic rings. The Morgan fingerprint density at radius 1 is 1.08 bits per heavy atom. The van der Waals surface area contributed by atoms with Gasteiger partial charge in [0.05, 0.1) is 22.6 Å². The lowest BCUT2D eigenvalue weighted by molar-refractivity contribution is -0.134. The summed E-state index contributed by atoms with van der Waals surface area (Å²) in [5, 5.41) is 19.8. The van der Waals surface area contributed by atoms with Crippen LogP contribution in [0.1, 0.15) is 85.5 Å². The van der Waals surface area contributed by atoms with E-state index in [2.05, 4.69) is 42.2 Å². The van der Waals surface area contributed by atoms with E-state index in [1.54, 1.807) is 24.5 Å². The molecule has 3 saturated heterocycles. The fourth-order valence-electron chi connectivity index (χ4n) is 7.01. The highest BCUT2D eigenvalue weighted by molar-refractivity contribution is 6.31. The van der Waals surface area contributed by atoms with Gasteiger partial charge in [0, 0.05) is 48.2 Å². The summed E-state index contributed by atoms with van der Waals surface area (Å²) in [4.78, 5) is 27.9. The number of pyridine rings is 1. The van der Waals surface area contributed by atoms with Gasteiger partial charge in [-0.05, 0) is 70.3 Å². The minimum Gasteiger partial charge on any atom is -0.481 e. The van der Waals surface area contributed by atoms with Crippen LogP contribution in [0.15, 0.2) is 24.5 Å². The van der Waals surface area contributed by atoms with Gasteiger partial charge in [-0.1, -0.05) is 51.6 Å². The van der Waals surface area contributed by atoms with Gasteiger partial charge in [0.1, 0.15) is 23.6 Å². The highest BCUT2D eigenvalue weighted by Gasteiger charge is 2.45. The summed E-state index contributed by atoms with van der Waals surface area (Å²) in [5.41, 5.74) is 1.71. The molecular weight excluding hydrogens is 647 g/mol. The molecule has 6 heterocycles. The van der Waals surface area contributed by atoms with E-state index < -0.39 is 11.8 Å². The summed E-state index contributed by atoms with van der Waals surface area (Å²) in [6, 6.07) is 4.05. The lowest BCUT2D eigenvalue weighted by Gasteiger charge is -2.35. The standard InChI is InChI=1S/C29H34ClFN8O.C3H6.C2H4O2.C2H6/c1-2-32-19-6-3-9-38(16-19)27-22-14-33-25(20-12-18(30)13-23-21(20)15-34-37-23)24(31)26(22)35-28(36-27)40-17-29-7-4-10-39(29)11-5-8-29;1-2-3-1;1-2(3)4;1-2/h12-15,19,32H,2-11,16-17H2,1H3,(H,34,37);1-3H2;1H3,(H,3,4);1-2H3. The van der Waals surface area contributed by atoms with E-state index in [0.717, 1.165) is 76.2 Å². The zero-order valence-electron chi connectivity index (χ0n) is 29.2. The topological polar surface area (TPSA) is 132 Å². The van der Waals surface area contributed by atoms with E-state index >= 15 is 4.39 Å². The summed E-state index contributed by atoms with van der Waals surface area (Å²) in [7, 11) is 0. The van der Waals surface area contributed by atoms with Crippen molar-refractivity contribution >= 4 is 45.2 Å². The number of benzene rings is 1. The highest BCUT2D eigenvalue weighted by Crippen LogP contribution is 2.40. The molecule has 0 bridgehead atoms. The number of nitrogens with zero attached hydrogens (tertiary/aromatic N) is 6. The van der Waals surface area contributed by atoms with Crippen molar-refractivity contribution in [3.63, 3.8) is 0 Å². The van der Waals surface area contributed by atoms with Gasteiger partial charge in [-0.2, -0.15) is 15.1 Å². The van der Waals surface area contributed by atoms with E-state index in [4.69, 9.17) is 31.2 Å². The third-order valence-corrected chi connectivity index (χ3v) is 9.49. The lowest BCUT2D eigenvalue weighted by Crippen LogP contribution is -2.46. The third-order valence-electron chi connectivity index (χ3n) is 9.27. The number of fused-ring (bicyclic) bond motifs is 3. The summed E-state index contributed by atoms with van der Waals surface area (Å²) in [6.45, 7) is 12.5.